The van der Waals surface area contributed by atoms with Crippen molar-refractivity contribution in [3.05, 3.63) is 77.0 Å². The van der Waals surface area contributed by atoms with Gasteiger partial charge in [-0.1, -0.05) is 36.4 Å². The lowest BCUT2D eigenvalue weighted by molar-refractivity contribution is -0.134. The number of fused-ring (bicyclic) bond motifs is 2. The van der Waals surface area contributed by atoms with Gasteiger partial charge in [-0.2, -0.15) is 0 Å². The van der Waals surface area contributed by atoms with E-state index < -0.39 is 5.60 Å². The lowest BCUT2D eigenvalue weighted by Gasteiger charge is -2.32. The second kappa shape index (κ2) is 9.75. The lowest BCUT2D eigenvalue weighted by atomic mass is 10.0. The summed E-state index contributed by atoms with van der Waals surface area (Å²) in [5.74, 6) is -0.383. The van der Waals surface area contributed by atoms with Gasteiger partial charge in [0.25, 0.3) is 0 Å². The number of para-hydroxylation sites is 1. The van der Waals surface area contributed by atoms with E-state index >= 15 is 0 Å². The predicted octanol–water partition coefficient (Wildman–Crippen LogP) is 5.82. The van der Waals surface area contributed by atoms with Crippen LogP contribution in [-0.4, -0.2) is 41.2 Å². The summed E-state index contributed by atoms with van der Waals surface area (Å²) in [5, 5.41) is 1.18. The number of carbonyl (C=O) groups excluding carboxylic acids is 2. The van der Waals surface area contributed by atoms with Gasteiger partial charge in [0.15, 0.2) is 0 Å². The maximum Gasteiger partial charge on any atom is 0.410 e. The smallest absolute Gasteiger partial charge is 0.410 e. The van der Waals surface area contributed by atoms with E-state index in [1.165, 1.54) is 29.7 Å². The monoisotopic (exact) mass is 460 g/mol. The van der Waals surface area contributed by atoms with Crippen LogP contribution in [0.1, 0.15) is 55.5 Å². The third kappa shape index (κ3) is 5.33. The van der Waals surface area contributed by atoms with E-state index in [1.54, 1.807) is 6.08 Å². The van der Waals surface area contributed by atoms with Gasteiger partial charge in [-0.3, -0.25) is 0 Å². The molecule has 0 aliphatic heterocycles. The van der Waals surface area contributed by atoms with E-state index in [9.17, 15) is 9.59 Å². The minimum absolute atomic E-state index is 0.0475. The van der Waals surface area contributed by atoms with E-state index in [4.69, 9.17) is 4.74 Å². The number of nitrogens with one attached hydrogen (secondary N) is 1. The number of carbonyl (C=O) groups is 2. The lowest BCUT2D eigenvalue weighted by Crippen LogP contribution is -2.40. The maximum absolute atomic E-state index is 13.3. The van der Waals surface area contributed by atoms with Crippen LogP contribution in [0.3, 0.4) is 0 Å². The summed E-state index contributed by atoms with van der Waals surface area (Å²) in [6.07, 6.45) is 7.35. The van der Waals surface area contributed by atoms with Crippen molar-refractivity contribution in [2.24, 2.45) is 0 Å². The first-order valence-corrected chi connectivity index (χ1v) is 11.7. The molecule has 1 atom stereocenters. The van der Waals surface area contributed by atoms with E-state index in [2.05, 4.69) is 34.0 Å². The molecule has 0 saturated carbocycles. The summed E-state index contributed by atoms with van der Waals surface area (Å²) in [5.41, 5.74) is 4.98. The Morgan fingerprint density at radius 3 is 2.74 bits per heavy atom. The topological polar surface area (TPSA) is 71.6 Å². The Kier molecular flexibility index (Phi) is 6.77. The van der Waals surface area contributed by atoms with Crippen molar-refractivity contribution in [1.82, 2.24) is 9.88 Å². The number of benzene rings is 2. The molecule has 1 aliphatic carbocycles. The van der Waals surface area contributed by atoms with Crippen molar-refractivity contribution >= 4 is 29.0 Å². The summed E-state index contributed by atoms with van der Waals surface area (Å²) in [6, 6.07) is 14.3. The van der Waals surface area contributed by atoms with Crippen LogP contribution < -0.4 is 0 Å². The number of ether oxygens (including phenoxy) is 2. The molecule has 1 N–H and O–H groups in total. The summed E-state index contributed by atoms with van der Waals surface area (Å²) >= 11 is 0. The van der Waals surface area contributed by atoms with Crippen LogP contribution in [0.5, 0.6) is 0 Å². The fourth-order valence-electron chi connectivity index (χ4n) is 4.55. The van der Waals surface area contributed by atoms with Gasteiger partial charge in [0.2, 0.25) is 0 Å². The normalized spacial score (nSPS) is 15.5. The summed E-state index contributed by atoms with van der Waals surface area (Å²) < 4.78 is 10.5. The van der Waals surface area contributed by atoms with Crippen LogP contribution in [0.15, 0.2) is 54.7 Å². The van der Waals surface area contributed by atoms with Crippen LogP contribution in [0, 0.1) is 0 Å². The molecular weight excluding hydrogens is 428 g/mol. The van der Waals surface area contributed by atoms with Crippen molar-refractivity contribution in [3.63, 3.8) is 0 Å². The molecule has 1 aliphatic rings. The molecule has 0 saturated heterocycles. The molecule has 6 nitrogen and oxygen atoms in total. The third-order valence-corrected chi connectivity index (χ3v) is 6.13. The minimum atomic E-state index is -0.569. The van der Waals surface area contributed by atoms with Crippen LogP contribution in [0.4, 0.5) is 4.79 Å². The van der Waals surface area contributed by atoms with Crippen LogP contribution in [0.25, 0.3) is 17.0 Å². The number of aromatic nitrogens is 1. The minimum Gasteiger partial charge on any atom is -0.466 e. The second-order valence-corrected chi connectivity index (χ2v) is 9.65. The molecule has 0 bridgehead atoms. The number of hydrogen-bond donors (Lipinski definition) is 1. The standard InChI is InChI=1S/C28H32N2O4/c1-28(2,3)34-27(32)30(16-15-21-18-29-24-8-6-5-7-22(21)24)25-13-11-20-17-19(9-12-23(20)25)10-14-26(31)33-4/h5-10,12,14,17-18,25,29H,11,13,15-16H2,1-4H3/b14-10+. The Labute approximate surface area is 200 Å². The van der Waals surface area contributed by atoms with E-state index in [1.807, 2.05) is 50.1 Å². The largest absolute Gasteiger partial charge is 0.466 e. The van der Waals surface area contributed by atoms with Crippen LogP contribution in [0.2, 0.25) is 0 Å². The average molecular weight is 461 g/mol. The average Bonchev–Trinajstić information content (AvgIpc) is 3.40. The SMILES string of the molecule is COC(=O)/C=C/c1ccc2c(c1)CCC2N(CCc1c[nH]c2ccccc12)C(=O)OC(C)(C)C. The fourth-order valence-corrected chi connectivity index (χ4v) is 4.55. The molecule has 3 aromatic rings. The van der Waals surface area contributed by atoms with Crippen molar-refractivity contribution < 1.29 is 19.1 Å². The van der Waals surface area contributed by atoms with Gasteiger partial charge >= 0.3 is 12.1 Å². The number of H-pyrrole nitrogens is 1. The molecule has 1 amide bonds. The van der Waals surface area contributed by atoms with Gasteiger partial charge in [-0.05, 0) is 74.4 Å². The number of hydrogen-bond acceptors (Lipinski definition) is 4. The summed E-state index contributed by atoms with van der Waals surface area (Å²) in [4.78, 5) is 29.9. The Hall–Kier alpha value is -3.54. The van der Waals surface area contributed by atoms with Crippen LogP contribution >= 0.6 is 0 Å². The van der Waals surface area contributed by atoms with Gasteiger partial charge in [0.05, 0.1) is 13.2 Å². The van der Waals surface area contributed by atoms with Gasteiger partial charge in [0.1, 0.15) is 5.60 Å². The molecule has 4 rings (SSSR count). The second-order valence-electron chi connectivity index (χ2n) is 9.65. The predicted molar refractivity (Wildman–Crippen MR) is 133 cm³/mol. The zero-order chi connectivity index (χ0) is 24.3. The third-order valence-electron chi connectivity index (χ3n) is 6.13. The molecule has 0 spiro atoms. The van der Waals surface area contributed by atoms with Gasteiger partial charge < -0.3 is 19.4 Å². The van der Waals surface area contributed by atoms with E-state index in [-0.39, 0.29) is 18.1 Å². The van der Waals surface area contributed by atoms with Crippen molar-refractivity contribution in [1.29, 1.82) is 0 Å². The molecule has 0 radical (unpaired) electrons. The van der Waals surface area contributed by atoms with E-state index in [0.29, 0.717) is 6.54 Å². The molecule has 1 heterocycles. The van der Waals surface area contributed by atoms with Crippen molar-refractivity contribution in [3.8, 4) is 0 Å². The Morgan fingerprint density at radius 2 is 1.97 bits per heavy atom. The highest BCUT2D eigenvalue weighted by atomic mass is 16.6. The molecule has 178 valence electrons. The molecule has 0 fully saturated rings. The molecule has 1 unspecified atom stereocenters. The molecule has 6 heteroatoms. The number of amides is 1. The molecule has 2 aromatic carbocycles. The Bertz CT molecular complexity index is 1220. The van der Waals surface area contributed by atoms with Crippen LogP contribution in [-0.2, 0) is 27.1 Å². The fraction of sp³-hybridized carbons (Fsp3) is 0.357. The Balaban J connectivity index is 1.58. The number of nitrogens with zero attached hydrogens (tertiary/aromatic N) is 1. The van der Waals surface area contributed by atoms with Gasteiger partial charge in [0, 0.05) is 29.7 Å². The highest BCUT2D eigenvalue weighted by Gasteiger charge is 2.33. The maximum atomic E-state index is 13.3. The highest BCUT2D eigenvalue weighted by molar-refractivity contribution is 5.87. The first-order chi connectivity index (χ1) is 16.2. The number of methoxy groups -OCH3 is 1. The number of esters is 1. The summed E-state index contributed by atoms with van der Waals surface area (Å²) in [6.45, 7) is 6.24. The summed E-state index contributed by atoms with van der Waals surface area (Å²) in [7, 11) is 1.36. The molecule has 1 aromatic heterocycles. The van der Waals surface area contributed by atoms with E-state index in [0.717, 1.165) is 35.9 Å². The zero-order valence-corrected chi connectivity index (χ0v) is 20.3. The van der Waals surface area contributed by atoms with Gasteiger partial charge in [-0.25, -0.2) is 9.59 Å². The number of rotatable bonds is 6. The van der Waals surface area contributed by atoms with Crippen molar-refractivity contribution in [2.75, 3.05) is 13.7 Å². The first-order valence-electron chi connectivity index (χ1n) is 11.7. The molecular formula is C28H32N2O4. The van der Waals surface area contributed by atoms with Crippen molar-refractivity contribution in [2.45, 2.75) is 51.7 Å². The van der Waals surface area contributed by atoms with Gasteiger partial charge in [-0.15, -0.1) is 0 Å². The first kappa shape index (κ1) is 23.6. The number of aryl methyl sites for hydroxylation is 1. The highest BCUT2D eigenvalue weighted by Crippen LogP contribution is 2.37. The quantitative estimate of drug-likeness (QED) is 0.372. The Morgan fingerprint density at radius 1 is 1.18 bits per heavy atom. The zero-order valence-electron chi connectivity index (χ0n) is 20.3. The molecule has 34 heavy (non-hydrogen) atoms. The number of aromatic amines is 1.